The molecule has 1 heterocycles. The second-order valence-electron chi connectivity index (χ2n) is 3.32. The molecule has 14 heavy (non-hydrogen) atoms. The molecular weight excluding hydrogens is 244 g/mol. The van der Waals surface area contributed by atoms with Gasteiger partial charge in [0.15, 0.2) is 0 Å². The fourth-order valence-electron chi connectivity index (χ4n) is 1.79. The van der Waals surface area contributed by atoms with Gasteiger partial charge in [-0.15, -0.1) is 0 Å². The number of amides is 1. The maximum atomic E-state index is 11.6. The van der Waals surface area contributed by atoms with Gasteiger partial charge in [-0.2, -0.15) is 0 Å². The number of nitrogens with two attached hydrogens (primary N) is 1. The zero-order valence-electron chi connectivity index (χ0n) is 7.59. The molecule has 0 fully saturated rings. The third-order valence-corrected chi connectivity index (χ3v) is 3.12. The monoisotopic (exact) mass is 254 g/mol. The van der Waals surface area contributed by atoms with Crippen molar-refractivity contribution in [3.8, 4) is 0 Å². The molecule has 1 aliphatic heterocycles. The molecule has 3 N–H and O–H groups in total. The first kappa shape index (κ1) is 9.68. The van der Waals surface area contributed by atoms with Crippen LogP contribution in [-0.4, -0.2) is 12.5 Å². The van der Waals surface area contributed by atoms with Crippen LogP contribution in [0.3, 0.4) is 0 Å². The highest BCUT2D eigenvalue weighted by Gasteiger charge is 2.31. The fourth-order valence-corrected chi connectivity index (χ4v) is 2.44. The maximum absolute atomic E-state index is 11.6. The Morgan fingerprint density at radius 2 is 2.29 bits per heavy atom. The van der Waals surface area contributed by atoms with E-state index in [-0.39, 0.29) is 11.8 Å². The number of hydrogen-bond acceptors (Lipinski definition) is 2. The highest BCUT2D eigenvalue weighted by atomic mass is 79.9. The first-order chi connectivity index (χ1) is 6.74. The van der Waals surface area contributed by atoms with E-state index in [9.17, 15) is 4.79 Å². The summed E-state index contributed by atoms with van der Waals surface area (Å²) >= 11 is 3.45. The summed E-state index contributed by atoms with van der Waals surface area (Å²) in [5.74, 6) is -0.0390. The zero-order valence-corrected chi connectivity index (χ0v) is 9.17. The minimum Gasteiger partial charge on any atom is -0.330 e. The van der Waals surface area contributed by atoms with E-state index in [1.54, 1.807) is 0 Å². The van der Waals surface area contributed by atoms with E-state index in [2.05, 4.69) is 21.2 Å². The first-order valence-corrected chi connectivity index (χ1v) is 5.32. The molecule has 1 unspecified atom stereocenters. The van der Waals surface area contributed by atoms with E-state index in [1.165, 1.54) is 0 Å². The molecule has 0 aromatic heterocycles. The maximum Gasteiger partial charge on any atom is 0.232 e. The van der Waals surface area contributed by atoms with Crippen LogP contribution in [0.25, 0.3) is 0 Å². The molecule has 2 rings (SSSR count). The molecule has 1 aliphatic rings. The Kier molecular flexibility index (Phi) is 2.56. The summed E-state index contributed by atoms with van der Waals surface area (Å²) in [5, 5.41) is 2.85. The summed E-state index contributed by atoms with van der Waals surface area (Å²) in [6.07, 6.45) is 0.696. The Morgan fingerprint density at radius 1 is 1.50 bits per heavy atom. The minimum atomic E-state index is -0.0921. The fraction of sp³-hybridized carbons (Fsp3) is 0.300. The topological polar surface area (TPSA) is 55.1 Å². The van der Waals surface area contributed by atoms with E-state index >= 15 is 0 Å². The molecule has 0 bridgehead atoms. The Balaban J connectivity index is 2.44. The van der Waals surface area contributed by atoms with Gasteiger partial charge in [0.05, 0.1) is 5.92 Å². The third kappa shape index (κ3) is 1.44. The van der Waals surface area contributed by atoms with E-state index in [1.807, 2.05) is 18.2 Å². The van der Waals surface area contributed by atoms with Gasteiger partial charge in [0.25, 0.3) is 0 Å². The van der Waals surface area contributed by atoms with Crippen LogP contribution in [0.4, 0.5) is 5.69 Å². The van der Waals surface area contributed by atoms with Crippen molar-refractivity contribution in [2.24, 2.45) is 5.73 Å². The molecule has 0 saturated carbocycles. The predicted molar refractivity (Wildman–Crippen MR) is 59.2 cm³/mol. The number of benzene rings is 1. The molecule has 1 atom stereocenters. The number of nitrogens with one attached hydrogen (secondary N) is 1. The van der Waals surface area contributed by atoms with Crippen LogP contribution >= 0.6 is 15.9 Å². The third-order valence-electron chi connectivity index (χ3n) is 2.43. The lowest BCUT2D eigenvalue weighted by atomic mass is 9.97. The lowest BCUT2D eigenvalue weighted by Gasteiger charge is -2.07. The number of fused-ring (bicyclic) bond motifs is 1. The van der Waals surface area contributed by atoms with Gasteiger partial charge in [0.1, 0.15) is 0 Å². The molecule has 0 radical (unpaired) electrons. The van der Waals surface area contributed by atoms with Gasteiger partial charge in [-0.25, -0.2) is 0 Å². The number of anilines is 1. The van der Waals surface area contributed by atoms with E-state index in [0.29, 0.717) is 13.0 Å². The van der Waals surface area contributed by atoms with Gasteiger partial charge in [-0.1, -0.05) is 22.0 Å². The second-order valence-corrected chi connectivity index (χ2v) is 4.17. The number of carbonyl (C=O) groups excluding carboxylic acids is 1. The molecule has 1 aromatic carbocycles. The van der Waals surface area contributed by atoms with Gasteiger partial charge in [-0.05, 0) is 25.1 Å². The standard InChI is InChI=1S/C10H11BrN2O/c11-7-2-1-3-8-9(7)6(4-5-12)10(14)13-8/h1-3,6H,4-5,12H2,(H,13,14). The van der Waals surface area contributed by atoms with Crippen LogP contribution in [0, 0.1) is 0 Å². The van der Waals surface area contributed by atoms with E-state index in [4.69, 9.17) is 5.73 Å². The van der Waals surface area contributed by atoms with Crippen molar-refractivity contribution in [2.45, 2.75) is 12.3 Å². The van der Waals surface area contributed by atoms with Gasteiger partial charge < -0.3 is 11.1 Å². The van der Waals surface area contributed by atoms with Crippen molar-refractivity contribution in [2.75, 3.05) is 11.9 Å². The Labute approximate surface area is 90.8 Å². The first-order valence-electron chi connectivity index (χ1n) is 4.53. The lowest BCUT2D eigenvalue weighted by Crippen LogP contribution is -2.15. The smallest absolute Gasteiger partial charge is 0.232 e. The highest BCUT2D eigenvalue weighted by Crippen LogP contribution is 2.39. The van der Waals surface area contributed by atoms with E-state index in [0.717, 1.165) is 15.7 Å². The van der Waals surface area contributed by atoms with Crippen molar-refractivity contribution in [1.82, 2.24) is 0 Å². The molecule has 0 saturated heterocycles. The number of halogens is 1. The number of hydrogen-bond donors (Lipinski definition) is 2. The van der Waals surface area contributed by atoms with Crippen LogP contribution in [0.5, 0.6) is 0 Å². The average molecular weight is 255 g/mol. The highest BCUT2D eigenvalue weighted by molar-refractivity contribution is 9.10. The summed E-state index contributed by atoms with van der Waals surface area (Å²) in [5.41, 5.74) is 7.43. The quantitative estimate of drug-likeness (QED) is 0.847. The molecule has 3 nitrogen and oxygen atoms in total. The summed E-state index contributed by atoms with van der Waals surface area (Å²) in [7, 11) is 0. The van der Waals surface area contributed by atoms with Gasteiger partial charge >= 0.3 is 0 Å². The second kappa shape index (κ2) is 3.71. The SMILES string of the molecule is NCCC1C(=O)Nc2cccc(Br)c21. The number of carbonyl (C=O) groups is 1. The molecule has 1 aromatic rings. The van der Waals surface area contributed by atoms with Crippen molar-refractivity contribution in [3.05, 3.63) is 28.2 Å². The summed E-state index contributed by atoms with van der Waals surface area (Å²) in [4.78, 5) is 11.6. The molecule has 0 aliphatic carbocycles. The Hall–Kier alpha value is -0.870. The minimum absolute atomic E-state index is 0.0531. The molecule has 0 spiro atoms. The van der Waals surface area contributed by atoms with Crippen LogP contribution in [0.1, 0.15) is 17.9 Å². The largest absolute Gasteiger partial charge is 0.330 e. The van der Waals surface area contributed by atoms with Crippen LogP contribution in [0.2, 0.25) is 0 Å². The van der Waals surface area contributed by atoms with Gasteiger partial charge in [0.2, 0.25) is 5.91 Å². The molecule has 4 heteroatoms. The molecular formula is C10H11BrN2O. The average Bonchev–Trinajstić information content (AvgIpc) is 2.45. The lowest BCUT2D eigenvalue weighted by molar-refractivity contribution is -0.117. The van der Waals surface area contributed by atoms with Crippen molar-refractivity contribution in [3.63, 3.8) is 0 Å². The molecule has 1 amide bonds. The Morgan fingerprint density at radius 3 is 3.00 bits per heavy atom. The van der Waals surface area contributed by atoms with Crippen LogP contribution < -0.4 is 11.1 Å². The van der Waals surface area contributed by atoms with Gasteiger partial charge in [-0.3, -0.25) is 4.79 Å². The normalized spacial score (nSPS) is 19.3. The van der Waals surface area contributed by atoms with Crippen LogP contribution in [-0.2, 0) is 4.79 Å². The van der Waals surface area contributed by atoms with Crippen LogP contribution in [0.15, 0.2) is 22.7 Å². The van der Waals surface area contributed by atoms with Gasteiger partial charge in [0, 0.05) is 15.7 Å². The van der Waals surface area contributed by atoms with Crippen molar-refractivity contribution in [1.29, 1.82) is 0 Å². The van der Waals surface area contributed by atoms with Crippen molar-refractivity contribution >= 4 is 27.5 Å². The number of rotatable bonds is 2. The predicted octanol–water partition coefficient (Wildman–Crippen LogP) is 1.83. The molecule has 74 valence electrons. The Bertz CT molecular complexity index is 378. The van der Waals surface area contributed by atoms with Crippen molar-refractivity contribution < 1.29 is 4.79 Å². The zero-order chi connectivity index (χ0) is 10.1. The summed E-state index contributed by atoms with van der Waals surface area (Å²) in [6, 6.07) is 5.77. The van der Waals surface area contributed by atoms with E-state index < -0.39 is 0 Å². The summed E-state index contributed by atoms with van der Waals surface area (Å²) in [6.45, 7) is 0.527. The summed E-state index contributed by atoms with van der Waals surface area (Å²) < 4.78 is 0.979.